The second-order valence-corrected chi connectivity index (χ2v) is 3.48. The van der Waals surface area contributed by atoms with Crippen molar-refractivity contribution in [3.63, 3.8) is 0 Å². The zero-order valence-electron chi connectivity index (χ0n) is 8.06. The molecule has 0 aliphatic rings. The van der Waals surface area contributed by atoms with E-state index in [1.807, 2.05) is 0 Å². The number of hydrogen-bond acceptors (Lipinski definition) is 8. The van der Waals surface area contributed by atoms with Gasteiger partial charge in [-0.1, -0.05) is 0 Å². The lowest BCUT2D eigenvalue weighted by Crippen LogP contribution is -2.45. The lowest BCUT2D eigenvalue weighted by Gasteiger charge is -2.19. The van der Waals surface area contributed by atoms with Crippen molar-refractivity contribution in [1.82, 2.24) is 29.6 Å². The predicted molar refractivity (Wildman–Crippen MR) is 51.2 cm³/mol. The average Bonchev–Trinajstić information content (AvgIpc) is 2.89. The van der Waals surface area contributed by atoms with Gasteiger partial charge in [-0.2, -0.15) is 4.37 Å². The predicted octanol–water partition coefficient (Wildman–Crippen LogP) is -1.03. The molecule has 0 spiro atoms. The SMILES string of the molecule is CC(=O)C([C]=O)(c1ncsn1)n1cnnn1. The molecule has 1 atom stereocenters. The highest BCUT2D eigenvalue weighted by atomic mass is 32.1. The monoisotopic (exact) mass is 237 g/mol. The first-order valence-corrected chi connectivity index (χ1v) is 4.96. The van der Waals surface area contributed by atoms with Crippen LogP contribution >= 0.6 is 11.5 Å². The van der Waals surface area contributed by atoms with Crippen molar-refractivity contribution < 1.29 is 9.59 Å². The summed E-state index contributed by atoms with van der Waals surface area (Å²) >= 11 is 1.02. The smallest absolute Gasteiger partial charge is 0.249 e. The number of rotatable bonds is 4. The Bertz CT molecular complexity index is 459. The van der Waals surface area contributed by atoms with E-state index < -0.39 is 11.3 Å². The summed E-state index contributed by atoms with van der Waals surface area (Å²) in [7, 11) is 0. The molecule has 1 radical (unpaired) electrons. The molecule has 1 unspecified atom stereocenters. The highest BCUT2D eigenvalue weighted by Crippen LogP contribution is 2.21. The Kier molecular flexibility index (Phi) is 2.52. The number of carbonyl (C=O) groups excluding carboxylic acids is 2. The van der Waals surface area contributed by atoms with Gasteiger partial charge in [-0.05, 0) is 28.9 Å². The molecule has 0 saturated heterocycles. The summed E-state index contributed by atoms with van der Waals surface area (Å²) < 4.78 is 4.86. The van der Waals surface area contributed by atoms with E-state index in [2.05, 4.69) is 24.9 Å². The largest absolute Gasteiger partial charge is 0.296 e. The minimum atomic E-state index is -1.79. The van der Waals surface area contributed by atoms with E-state index in [-0.39, 0.29) is 5.82 Å². The summed E-state index contributed by atoms with van der Waals surface area (Å²) in [5.41, 5.74) is -0.377. The lowest BCUT2D eigenvalue weighted by atomic mass is 9.96. The number of ketones is 1. The molecule has 0 bridgehead atoms. The number of hydrogen-bond donors (Lipinski definition) is 0. The first-order chi connectivity index (χ1) is 7.71. The van der Waals surface area contributed by atoms with Crippen molar-refractivity contribution >= 4 is 23.6 Å². The molecule has 2 rings (SSSR count). The van der Waals surface area contributed by atoms with Gasteiger partial charge < -0.3 is 0 Å². The van der Waals surface area contributed by atoms with Gasteiger partial charge >= 0.3 is 0 Å². The average molecular weight is 237 g/mol. The molecule has 81 valence electrons. The van der Waals surface area contributed by atoms with Gasteiger partial charge in [0.25, 0.3) is 0 Å². The van der Waals surface area contributed by atoms with Crippen LogP contribution in [0.2, 0.25) is 0 Å². The van der Waals surface area contributed by atoms with Crippen molar-refractivity contribution in [2.45, 2.75) is 12.5 Å². The first-order valence-electron chi connectivity index (χ1n) is 4.12. The molecule has 2 aromatic heterocycles. The van der Waals surface area contributed by atoms with Crippen molar-refractivity contribution in [2.24, 2.45) is 0 Å². The first kappa shape index (κ1) is 10.5. The van der Waals surface area contributed by atoms with Crippen molar-refractivity contribution in [3.8, 4) is 0 Å². The molecule has 0 saturated carbocycles. The normalized spacial score (nSPS) is 14.3. The molecule has 9 heteroatoms. The summed E-state index contributed by atoms with van der Waals surface area (Å²) in [4.78, 5) is 26.6. The fourth-order valence-electron chi connectivity index (χ4n) is 1.23. The number of nitrogens with zero attached hydrogens (tertiary/aromatic N) is 6. The number of aromatic nitrogens is 6. The van der Waals surface area contributed by atoms with Crippen molar-refractivity contribution in [1.29, 1.82) is 0 Å². The number of carbonyl (C=O) groups is 1. The Morgan fingerprint density at radius 2 is 2.44 bits per heavy atom. The molecule has 2 aromatic rings. The third-order valence-electron chi connectivity index (χ3n) is 2.03. The molecule has 8 nitrogen and oxygen atoms in total. The summed E-state index contributed by atoms with van der Waals surface area (Å²) in [6.45, 7) is 1.23. The molecule has 0 fully saturated rings. The van der Waals surface area contributed by atoms with E-state index in [1.165, 1.54) is 12.4 Å². The molecule has 0 N–H and O–H groups in total. The van der Waals surface area contributed by atoms with Crippen LogP contribution in [0, 0.1) is 0 Å². The van der Waals surface area contributed by atoms with Gasteiger partial charge in [-0.3, -0.25) is 9.59 Å². The summed E-state index contributed by atoms with van der Waals surface area (Å²) in [5.74, 6) is -0.486. The lowest BCUT2D eigenvalue weighted by molar-refractivity contribution is -0.121. The topological polar surface area (TPSA) is 104 Å². The van der Waals surface area contributed by atoms with Crippen LogP contribution in [0.3, 0.4) is 0 Å². The molecular weight excluding hydrogens is 232 g/mol. The van der Waals surface area contributed by atoms with Crippen LogP contribution < -0.4 is 0 Å². The maximum atomic E-state index is 11.6. The third-order valence-corrected chi connectivity index (χ3v) is 2.51. The van der Waals surface area contributed by atoms with E-state index in [9.17, 15) is 9.59 Å². The fraction of sp³-hybridized carbons (Fsp3) is 0.286. The van der Waals surface area contributed by atoms with Crippen molar-refractivity contribution in [3.05, 3.63) is 17.7 Å². The summed E-state index contributed by atoms with van der Waals surface area (Å²) in [5, 5.41) is 10.3. The standard InChI is InChI=1S/C7H5N6O2S/c1-5(15)7(2-14,6-8-4-16-10-6)13-3-9-11-12-13/h3-4H,1H3. The van der Waals surface area contributed by atoms with E-state index in [0.717, 1.165) is 22.5 Å². The van der Waals surface area contributed by atoms with E-state index >= 15 is 0 Å². The summed E-state index contributed by atoms with van der Waals surface area (Å²) in [6, 6.07) is 0. The van der Waals surface area contributed by atoms with Gasteiger partial charge in [-0.15, -0.1) is 5.10 Å². The van der Waals surface area contributed by atoms with Crippen LogP contribution in [0.15, 0.2) is 11.8 Å². The Hall–Kier alpha value is -2.03. The fourth-order valence-corrected chi connectivity index (χ4v) is 1.70. The van der Waals surface area contributed by atoms with Gasteiger partial charge in [0.15, 0.2) is 11.6 Å². The molecular formula is C7H5N6O2S. The molecule has 0 aliphatic carbocycles. The quantitative estimate of drug-likeness (QED) is 0.626. The molecule has 0 aromatic carbocycles. The van der Waals surface area contributed by atoms with Crippen molar-refractivity contribution in [2.75, 3.05) is 0 Å². The molecule has 0 aliphatic heterocycles. The van der Waals surface area contributed by atoms with E-state index in [0.29, 0.717) is 0 Å². The minimum Gasteiger partial charge on any atom is -0.296 e. The summed E-state index contributed by atoms with van der Waals surface area (Å²) in [6.07, 6.45) is 2.77. The zero-order valence-corrected chi connectivity index (χ0v) is 8.88. The second kappa shape index (κ2) is 3.85. The van der Waals surface area contributed by atoms with Crippen LogP contribution in [0.5, 0.6) is 0 Å². The van der Waals surface area contributed by atoms with E-state index in [4.69, 9.17) is 0 Å². The maximum absolute atomic E-state index is 11.6. The van der Waals surface area contributed by atoms with Gasteiger partial charge in [0.1, 0.15) is 11.8 Å². The molecule has 0 amide bonds. The second-order valence-electron chi connectivity index (χ2n) is 2.88. The van der Waals surface area contributed by atoms with Gasteiger partial charge in [0.2, 0.25) is 11.8 Å². The third kappa shape index (κ3) is 1.33. The number of tetrazole rings is 1. The van der Waals surface area contributed by atoms with Gasteiger partial charge in [0.05, 0.1) is 0 Å². The number of Topliss-reactive ketones (excluding diaryl/α,β-unsaturated/α-hetero) is 1. The van der Waals surface area contributed by atoms with E-state index in [1.54, 1.807) is 6.29 Å². The Balaban J connectivity index is 2.66. The molecule has 16 heavy (non-hydrogen) atoms. The highest BCUT2D eigenvalue weighted by molar-refractivity contribution is 7.03. The zero-order chi connectivity index (χ0) is 11.6. The van der Waals surface area contributed by atoms with Crippen LogP contribution in [-0.2, 0) is 15.1 Å². The van der Waals surface area contributed by atoms with Crippen LogP contribution in [0.25, 0.3) is 0 Å². The molecule has 2 heterocycles. The van der Waals surface area contributed by atoms with Crippen LogP contribution in [0.4, 0.5) is 0 Å². The Labute approximate surface area is 93.5 Å². The minimum absolute atomic E-state index is 0.0206. The highest BCUT2D eigenvalue weighted by Gasteiger charge is 2.45. The van der Waals surface area contributed by atoms with Gasteiger partial charge in [-0.25, -0.2) is 9.67 Å². The van der Waals surface area contributed by atoms with Gasteiger partial charge in [0, 0.05) is 0 Å². The maximum Gasteiger partial charge on any atom is 0.249 e. The Morgan fingerprint density at radius 1 is 1.62 bits per heavy atom. The van der Waals surface area contributed by atoms with Crippen LogP contribution in [-0.4, -0.2) is 41.6 Å². The van der Waals surface area contributed by atoms with Crippen LogP contribution in [0.1, 0.15) is 12.7 Å². The Morgan fingerprint density at radius 3 is 2.88 bits per heavy atom.